The lowest BCUT2D eigenvalue weighted by molar-refractivity contribution is 0.0860. The molecule has 1 saturated carbocycles. The first-order chi connectivity index (χ1) is 7.31. The summed E-state index contributed by atoms with van der Waals surface area (Å²) in [6.45, 7) is 2.23. The minimum absolute atomic E-state index is 0.141. The number of nitrogens with one attached hydrogen (secondary N) is 1. The Balaban J connectivity index is 1.93. The number of hydrogen-bond acceptors (Lipinski definition) is 3. The van der Waals surface area contributed by atoms with Crippen molar-refractivity contribution in [1.82, 2.24) is 15.2 Å². The number of hydrogen-bond donors (Lipinski definition) is 1. The van der Waals surface area contributed by atoms with E-state index in [1.165, 1.54) is 25.6 Å². The Kier molecular flexibility index (Phi) is 3.14. The zero-order chi connectivity index (χ0) is 10.7. The van der Waals surface area contributed by atoms with E-state index in [9.17, 15) is 4.79 Å². The summed E-state index contributed by atoms with van der Waals surface area (Å²) < 4.78 is 0. The predicted molar refractivity (Wildman–Crippen MR) is 56.5 cm³/mol. The lowest BCUT2D eigenvalue weighted by atomic mass is 9.79. The Bertz CT molecular complexity index is 313. The maximum atomic E-state index is 11.9. The topological polar surface area (TPSA) is 58.6 Å². The first-order valence-electron chi connectivity index (χ1n) is 5.70. The van der Waals surface area contributed by atoms with Crippen LogP contribution in [0.3, 0.4) is 0 Å². The number of ketones is 1. The van der Waals surface area contributed by atoms with Crippen molar-refractivity contribution in [3.05, 3.63) is 12.2 Å². The van der Waals surface area contributed by atoms with Crippen molar-refractivity contribution in [3.63, 3.8) is 0 Å². The average Bonchev–Trinajstić information content (AvgIpc) is 2.82. The molecule has 4 nitrogen and oxygen atoms in total. The van der Waals surface area contributed by atoms with Crippen molar-refractivity contribution in [2.45, 2.75) is 39.0 Å². The third-order valence-electron chi connectivity index (χ3n) is 3.44. The molecule has 1 N–H and O–H groups in total. The number of rotatable bonds is 3. The summed E-state index contributed by atoms with van der Waals surface area (Å²) in [4.78, 5) is 15.8. The van der Waals surface area contributed by atoms with Gasteiger partial charge in [-0.1, -0.05) is 13.3 Å². The van der Waals surface area contributed by atoms with E-state index in [-0.39, 0.29) is 11.7 Å². The molecule has 0 spiro atoms. The molecule has 0 bridgehead atoms. The first-order valence-corrected chi connectivity index (χ1v) is 5.70. The highest BCUT2D eigenvalue weighted by Crippen LogP contribution is 2.31. The summed E-state index contributed by atoms with van der Waals surface area (Å²) in [6, 6.07) is 0. The highest BCUT2D eigenvalue weighted by molar-refractivity contribution is 5.94. The van der Waals surface area contributed by atoms with Crippen LogP contribution in [0.15, 0.2) is 6.33 Å². The summed E-state index contributed by atoms with van der Waals surface area (Å²) in [5.74, 6) is 1.56. The molecule has 15 heavy (non-hydrogen) atoms. The normalized spacial score (nSPS) is 26.5. The van der Waals surface area contributed by atoms with Crippen molar-refractivity contribution < 1.29 is 4.79 Å². The zero-order valence-corrected chi connectivity index (χ0v) is 9.07. The lowest BCUT2D eigenvalue weighted by Gasteiger charge is -2.25. The fraction of sp³-hybridized carbons (Fsp3) is 0.727. The number of carbonyl (C=O) groups excluding carboxylic acids is 1. The van der Waals surface area contributed by atoms with Crippen molar-refractivity contribution in [1.29, 1.82) is 0 Å². The van der Waals surface area contributed by atoms with Gasteiger partial charge in [0.25, 0.3) is 0 Å². The fourth-order valence-corrected chi connectivity index (χ4v) is 2.35. The summed E-state index contributed by atoms with van der Waals surface area (Å²) in [6.07, 6.45) is 7.02. The van der Waals surface area contributed by atoms with Gasteiger partial charge in [-0.05, 0) is 31.6 Å². The summed E-state index contributed by atoms with van der Waals surface area (Å²) in [5, 5.41) is 6.36. The van der Waals surface area contributed by atoms with Gasteiger partial charge in [0.2, 0.25) is 5.78 Å². The highest BCUT2D eigenvalue weighted by Gasteiger charge is 2.27. The highest BCUT2D eigenvalue weighted by atomic mass is 16.1. The van der Waals surface area contributed by atoms with Crippen LogP contribution in [0.2, 0.25) is 0 Å². The van der Waals surface area contributed by atoms with E-state index in [1.54, 1.807) is 0 Å². The van der Waals surface area contributed by atoms with Crippen molar-refractivity contribution in [2.75, 3.05) is 0 Å². The summed E-state index contributed by atoms with van der Waals surface area (Å²) in [7, 11) is 0. The molecule has 2 rings (SSSR count). The number of H-pyrrole nitrogens is 1. The minimum atomic E-state index is 0.141. The Hall–Kier alpha value is -1.19. The molecule has 0 radical (unpaired) electrons. The van der Waals surface area contributed by atoms with Crippen molar-refractivity contribution in [2.24, 2.45) is 11.8 Å². The van der Waals surface area contributed by atoms with Crippen LogP contribution in [0, 0.1) is 11.8 Å². The van der Waals surface area contributed by atoms with Crippen molar-refractivity contribution in [3.8, 4) is 0 Å². The molecular formula is C11H17N3O. The average molecular weight is 207 g/mol. The second-order valence-corrected chi connectivity index (χ2v) is 4.32. The van der Waals surface area contributed by atoms with E-state index in [0.29, 0.717) is 5.82 Å². The molecule has 1 aromatic heterocycles. The smallest absolute Gasteiger partial charge is 0.202 e. The molecule has 0 aliphatic heterocycles. The maximum Gasteiger partial charge on any atom is 0.202 e. The molecule has 1 heterocycles. The Morgan fingerprint density at radius 3 is 2.73 bits per heavy atom. The van der Waals surface area contributed by atoms with Gasteiger partial charge >= 0.3 is 0 Å². The quantitative estimate of drug-likeness (QED) is 0.773. The number of Topliss-reactive ketones (excluding diaryl/α,β-unsaturated/α-hetero) is 1. The van der Waals surface area contributed by atoms with Gasteiger partial charge in [-0.25, -0.2) is 4.98 Å². The molecule has 4 heteroatoms. The third-order valence-corrected chi connectivity index (χ3v) is 3.44. The Morgan fingerprint density at radius 1 is 1.47 bits per heavy atom. The second-order valence-electron chi connectivity index (χ2n) is 4.32. The minimum Gasteiger partial charge on any atom is -0.290 e. The molecular weight excluding hydrogens is 190 g/mol. The summed E-state index contributed by atoms with van der Waals surface area (Å²) in [5.41, 5.74) is 0. The molecule has 1 aliphatic carbocycles. The number of aromatic amines is 1. The second kappa shape index (κ2) is 4.55. The first kappa shape index (κ1) is 10.3. The molecule has 1 aliphatic rings. The zero-order valence-electron chi connectivity index (χ0n) is 9.07. The van der Waals surface area contributed by atoms with Crippen molar-refractivity contribution >= 4 is 5.78 Å². The molecule has 1 fully saturated rings. The molecule has 82 valence electrons. The lowest BCUT2D eigenvalue weighted by Crippen LogP contribution is -2.22. The summed E-state index contributed by atoms with van der Waals surface area (Å²) >= 11 is 0. The number of nitrogens with zero attached hydrogens (tertiary/aromatic N) is 2. The van der Waals surface area contributed by atoms with E-state index in [2.05, 4.69) is 22.1 Å². The van der Waals surface area contributed by atoms with Gasteiger partial charge in [-0.3, -0.25) is 9.89 Å². The number of carbonyl (C=O) groups is 1. The van der Waals surface area contributed by atoms with Crippen LogP contribution >= 0.6 is 0 Å². The van der Waals surface area contributed by atoms with E-state index in [1.807, 2.05) is 0 Å². The van der Waals surface area contributed by atoms with Gasteiger partial charge < -0.3 is 0 Å². The molecule has 0 saturated heterocycles. The van der Waals surface area contributed by atoms with Crippen LogP contribution in [0.4, 0.5) is 0 Å². The van der Waals surface area contributed by atoms with Crippen LogP contribution in [-0.2, 0) is 0 Å². The molecule has 0 aromatic carbocycles. The van der Waals surface area contributed by atoms with Gasteiger partial charge in [0.1, 0.15) is 6.33 Å². The third kappa shape index (κ3) is 2.25. The van der Waals surface area contributed by atoms with Crippen LogP contribution in [0.5, 0.6) is 0 Å². The number of aromatic nitrogens is 3. The molecule has 1 aromatic rings. The molecule has 0 amide bonds. The van der Waals surface area contributed by atoms with Gasteiger partial charge in [0, 0.05) is 5.92 Å². The van der Waals surface area contributed by atoms with Gasteiger partial charge in [0.15, 0.2) is 5.82 Å². The van der Waals surface area contributed by atoms with E-state index >= 15 is 0 Å². The van der Waals surface area contributed by atoms with Crippen LogP contribution in [0.1, 0.15) is 49.6 Å². The fourth-order valence-electron chi connectivity index (χ4n) is 2.35. The predicted octanol–water partition coefficient (Wildman–Crippen LogP) is 2.20. The van der Waals surface area contributed by atoms with Gasteiger partial charge in [-0.2, -0.15) is 5.10 Å². The van der Waals surface area contributed by atoms with Crippen LogP contribution < -0.4 is 0 Å². The van der Waals surface area contributed by atoms with E-state index < -0.39 is 0 Å². The van der Waals surface area contributed by atoms with Gasteiger partial charge in [0.05, 0.1) is 0 Å². The largest absolute Gasteiger partial charge is 0.290 e. The van der Waals surface area contributed by atoms with Crippen LogP contribution in [0.25, 0.3) is 0 Å². The maximum absolute atomic E-state index is 11.9. The molecule has 0 unspecified atom stereocenters. The Labute approximate surface area is 89.5 Å². The van der Waals surface area contributed by atoms with E-state index in [4.69, 9.17) is 0 Å². The SMILES string of the molecule is CCC1CCC(C(=O)c2ncn[nH]2)CC1. The van der Waals surface area contributed by atoms with Crippen LogP contribution in [-0.4, -0.2) is 21.0 Å². The monoisotopic (exact) mass is 207 g/mol. The molecule has 0 atom stereocenters. The standard InChI is InChI=1S/C11H17N3O/c1-2-8-3-5-9(6-4-8)10(15)11-12-7-13-14-11/h7-9H,2-6H2,1H3,(H,12,13,14). The van der Waals surface area contributed by atoms with Gasteiger partial charge in [-0.15, -0.1) is 0 Å². The van der Waals surface area contributed by atoms with E-state index in [0.717, 1.165) is 18.8 Å². The Morgan fingerprint density at radius 2 is 2.20 bits per heavy atom.